The van der Waals surface area contributed by atoms with Crippen molar-refractivity contribution in [2.75, 3.05) is 6.54 Å². The third-order valence-corrected chi connectivity index (χ3v) is 5.56. The number of ether oxygens (including phenoxy) is 1. The van der Waals surface area contributed by atoms with Crippen LogP contribution in [0, 0.1) is 0 Å². The summed E-state index contributed by atoms with van der Waals surface area (Å²) >= 11 is 1.58. The molecule has 0 amide bonds. The van der Waals surface area contributed by atoms with Gasteiger partial charge in [0.2, 0.25) is 0 Å². The van der Waals surface area contributed by atoms with Crippen LogP contribution in [-0.2, 0) is 22.4 Å². The molecule has 1 aliphatic rings. The van der Waals surface area contributed by atoms with Crippen LogP contribution in [-0.4, -0.2) is 28.9 Å². The van der Waals surface area contributed by atoms with Crippen molar-refractivity contribution >= 4 is 17.7 Å². The summed E-state index contributed by atoms with van der Waals surface area (Å²) in [5.41, 5.74) is 2.36. The molecule has 0 heterocycles. The van der Waals surface area contributed by atoms with Gasteiger partial charge in [0.05, 0.1) is 0 Å². The van der Waals surface area contributed by atoms with Crippen LogP contribution in [0.3, 0.4) is 0 Å². The molecule has 0 aliphatic heterocycles. The Kier molecular flexibility index (Phi) is 6.98. The van der Waals surface area contributed by atoms with Crippen LogP contribution in [0.25, 0.3) is 0 Å². The van der Waals surface area contributed by atoms with Crippen molar-refractivity contribution in [3.63, 3.8) is 0 Å². The average Bonchev–Trinajstić information content (AvgIpc) is 2.91. The van der Waals surface area contributed by atoms with Gasteiger partial charge in [0.1, 0.15) is 10.3 Å². The molecule has 4 heteroatoms. The zero-order valence-electron chi connectivity index (χ0n) is 16.9. The Labute approximate surface area is 163 Å². The first-order valence-electron chi connectivity index (χ1n) is 9.49. The quantitative estimate of drug-likeness (QED) is 0.303. The molecule has 1 atom stereocenters. The maximum Gasteiger partial charge on any atom is 0.322 e. The molecule has 0 bridgehead atoms. The number of nitrogens with one attached hydrogen (secondary N) is 1. The van der Waals surface area contributed by atoms with Gasteiger partial charge in [-0.15, -0.1) is 18.3 Å². The summed E-state index contributed by atoms with van der Waals surface area (Å²) in [5, 5.41) is 3.65. The van der Waals surface area contributed by atoms with Crippen LogP contribution < -0.4 is 5.32 Å². The fourth-order valence-corrected chi connectivity index (χ4v) is 4.14. The van der Waals surface area contributed by atoms with Crippen molar-refractivity contribution in [2.24, 2.45) is 0 Å². The summed E-state index contributed by atoms with van der Waals surface area (Å²) in [6, 6.07) is 7.12. The van der Waals surface area contributed by atoms with Crippen molar-refractivity contribution in [1.29, 1.82) is 0 Å². The number of rotatable bonds is 8. The van der Waals surface area contributed by atoms with Crippen molar-refractivity contribution in [3.05, 3.63) is 42.0 Å². The first-order valence-corrected chi connectivity index (χ1v) is 10.3. The normalized spacial score (nSPS) is 17.0. The number of allylic oxidation sites excluding steroid dienone is 1. The van der Waals surface area contributed by atoms with Crippen LogP contribution in [0.15, 0.2) is 35.7 Å². The summed E-state index contributed by atoms with van der Waals surface area (Å²) < 4.78 is 4.96. The Bertz CT molecular complexity index is 646. The van der Waals surface area contributed by atoms with E-state index in [9.17, 15) is 4.79 Å². The fraction of sp³-hybridized carbons (Fsp3) is 0.591. The number of hydrogen-bond donors (Lipinski definition) is 1. The second kappa shape index (κ2) is 8.62. The lowest BCUT2D eigenvalue weighted by molar-refractivity contribution is -0.156. The molecule has 2 rings (SSSR count). The molecule has 1 N–H and O–H groups in total. The van der Waals surface area contributed by atoms with E-state index in [0.29, 0.717) is 6.04 Å². The van der Waals surface area contributed by atoms with Crippen LogP contribution in [0.4, 0.5) is 0 Å². The van der Waals surface area contributed by atoms with Crippen LogP contribution in [0.5, 0.6) is 0 Å². The summed E-state index contributed by atoms with van der Waals surface area (Å²) in [6.07, 6.45) is 6.32. The minimum atomic E-state index is -0.609. The molecule has 0 fully saturated rings. The first-order chi connectivity index (χ1) is 12.1. The van der Waals surface area contributed by atoms with E-state index in [1.165, 1.54) is 11.1 Å². The highest BCUT2D eigenvalue weighted by Crippen LogP contribution is 2.36. The van der Waals surface area contributed by atoms with Crippen molar-refractivity contribution in [3.8, 4) is 0 Å². The minimum Gasteiger partial charge on any atom is -0.459 e. The second-order valence-corrected chi connectivity index (χ2v) is 10.2. The number of carbonyl (C=O) groups is 1. The van der Waals surface area contributed by atoms with Gasteiger partial charge in [0.15, 0.2) is 0 Å². The van der Waals surface area contributed by atoms with Crippen LogP contribution >= 0.6 is 11.8 Å². The average molecular weight is 376 g/mol. The zero-order chi connectivity index (χ0) is 19.4. The highest BCUT2D eigenvalue weighted by atomic mass is 32.2. The van der Waals surface area contributed by atoms with E-state index < -0.39 is 10.3 Å². The second-order valence-electron chi connectivity index (χ2n) is 8.53. The standard InChI is InChI=1S/C22H33NO2S/c1-7-8-9-12-23-18-13-16-10-11-19(15-17(16)14-18)26-22(5,6)20(24)25-21(2,3)4/h7,10-11,15,18,23H,1,8-9,12-14H2,2-6H3. The van der Waals surface area contributed by atoms with E-state index in [-0.39, 0.29) is 5.97 Å². The third kappa shape index (κ3) is 6.17. The molecule has 26 heavy (non-hydrogen) atoms. The molecular formula is C22H33NO2S. The number of carbonyl (C=O) groups excluding carboxylic acids is 1. The molecule has 0 radical (unpaired) electrons. The Balaban J connectivity index is 1.96. The smallest absolute Gasteiger partial charge is 0.322 e. The molecule has 0 saturated carbocycles. The summed E-state index contributed by atoms with van der Waals surface area (Å²) in [6.45, 7) is 14.4. The van der Waals surface area contributed by atoms with Crippen LogP contribution in [0.2, 0.25) is 0 Å². The van der Waals surface area contributed by atoms with Gasteiger partial charge in [-0.25, -0.2) is 0 Å². The molecule has 1 aliphatic carbocycles. The van der Waals surface area contributed by atoms with Gasteiger partial charge < -0.3 is 10.1 Å². The molecule has 0 aromatic heterocycles. The van der Waals surface area contributed by atoms with Gasteiger partial charge in [-0.3, -0.25) is 4.79 Å². The number of unbranched alkanes of at least 4 members (excludes halogenated alkanes) is 1. The SMILES string of the molecule is C=CCCCNC1Cc2ccc(SC(C)(C)C(=O)OC(C)(C)C)cc2C1. The number of fused-ring (bicyclic) bond motifs is 1. The van der Waals surface area contributed by atoms with Gasteiger partial charge in [0, 0.05) is 10.9 Å². The number of hydrogen-bond acceptors (Lipinski definition) is 4. The zero-order valence-corrected chi connectivity index (χ0v) is 17.7. The third-order valence-electron chi connectivity index (χ3n) is 4.39. The molecule has 1 unspecified atom stereocenters. The maximum atomic E-state index is 12.5. The summed E-state index contributed by atoms with van der Waals surface area (Å²) in [4.78, 5) is 13.6. The molecule has 1 aromatic carbocycles. The predicted molar refractivity (Wildman–Crippen MR) is 111 cm³/mol. The molecular weight excluding hydrogens is 342 g/mol. The van der Waals surface area contributed by atoms with E-state index in [2.05, 4.69) is 30.1 Å². The molecule has 0 saturated heterocycles. The lowest BCUT2D eigenvalue weighted by atomic mass is 10.1. The molecule has 3 nitrogen and oxygen atoms in total. The maximum absolute atomic E-state index is 12.5. The Morgan fingerprint density at radius 2 is 1.96 bits per heavy atom. The predicted octanol–water partition coefficient (Wildman–Crippen LogP) is 4.92. The Morgan fingerprint density at radius 3 is 2.62 bits per heavy atom. The van der Waals surface area contributed by atoms with E-state index >= 15 is 0 Å². The fourth-order valence-electron chi connectivity index (χ4n) is 3.09. The Hall–Kier alpha value is -1.26. The largest absolute Gasteiger partial charge is 0.459 e. The van der Waals surface area contributed by atoms with Gasteiger partial charge in [-0.2, -0.15) is 0 Å². The van der Waals surface area contributed by atoms with Crippen LogP contribution in [0.1, 0.15) is 58.6 Å². The minimum absolute atomic E-state index is 0.169. The van der Waals surface area contributed by atoms with E-state index in [1.54, 1.807) is 11.8 Å². The molecule has 0 spiro atoms. The lowest BCUT2D eigenvalue weighted by Gasteiger charge is -2.28. The first kappa shape index (κ1) is 21.0. The topological polar surface area (TPSA) is 38.3 Å². The van der Waals surface area contributed by atoms with E-state index in [0.717, 1.165) is 37.1 Å². The van der Waals surface area contributed by atoms with Gasteiger partial charge in [0.25, 0.3) is 0 Å². The number of benzene rings is 1. The lowest BCUT2D eigenvalue weighted by Crippen LogP contribution is -2.36. The van der Waals surface area contributed by atoms with Crippen molar-refractivity contribution in [2.45, 2.75) is 81.6 Å². The highest BCUT2D eigenvalue weighted by Gasteiger charge is 2.34. The van der Waals surface area contributed by atoms with Crippen molar-refractivity contribution < 1.29 is 9.53 Å². The van der Waals surface area contributed by atoms with Gasteiger partial charge in [-0.1, -0.05) is 12.1 Å². The van der Waals surface area contributed by atoms with Gasteiger partial charge in [-0.05, 0) is 90.1 Å². The number of esters is 1. The summed E-state index contributed by atoms with van der Waals surface area (Å²) in [7, 11) is 0. The number of thioether (sulfide) groups is 1. The summed E-state index contributed by atoms with van der Waals surface area (Å²) in [5.74, 6) is -0.169. The monoisotopic (exact) mass is 375 g/mol. The van der Waals surface area contributed by atoms with E-state index in [4.69, 9.17) is 4.74 Å². The molecule has 144 valence electrons. The molecule has 1 aromatic rings. The van der Waals surface area contributed by atoms with E-state index in [1.807, 2.05) is 40.7 Å². The highest BCUT2D eigenvalue weighted by molar-refractivity contribution is 8.01. The van der Waals surface area contributed by atoms with Gasteiger partial charge >= 0.3 is 5.97 Å². The van der Waals surface area contributed by atoms with Crippen molar-refractivity contribution in [1.82, 2.24) is 5.32 Å². The Morgan fingerprint density at radius 1 is 1.27 bits per heavy atom.